The monoisotopic (exact) mass is 254 g/mol. The first kappa shape index (κ1) is 13.5. The predicted octanol–water partition coefficient (Wildman–Crippen LogP) is 3.66. The molecule has 0 radical (unpaired) electrons. The fourth-order valence-electron chi connectivity index (χ4n) is 2.01. The molecule has 0 aromatic heterocycles. The molecule has 0 amide bonds. The lowest BCUT2D eigenvalue weighted by Crippen LogP contribution is -2.14. The summed E-state index contributed by atoms with van der Waals surface area (Å²) < 4.78 is 5.73. The molecule has 1 N–H and O–H groups in total. The Balaban J connectivity index is 2.25. The number of ether oxygens (including phenoxy) is 1. The van der Waals surface area contributed by atoms with Crippen LogP contribution in [0.1, 0.15) is 23.3 Å². The third kappa shape index (κ3) is 3.53. The summed E-state index contributed by atoms with van der Waals surface area (Å²) in [5.41, 5.74) is 1.81. The molecule has 98 valence electrons. The van der Waals surface area contributed by atoms with Crippen LogP contribution in [0, 0.1) is 0 Å². The first-order valence-electron chi connectivity index (χ1n) is 6.33. The van der Waals surface area contributed by atoms with Crippen LogP contribution in [0.25, 0.3) is 0 Å². The number of aliphatic hydroxyl groups excluding tert-OH is 1. The molecule has 19 heavy (non-hydrogen) atoms. The lowest BCUT2D eigenvalue weighted by atomic mass is 9.98. The van der Waals surface area contributed by atoms with Crippen LogP contribution < -0.4 is 0 Å². The van der Waals surface area contributed by atoms with E-state index in [0.29, 0.717) is 6.61 Å². The molecule has 2 rings (SSSR count). The molecular formula is C17H18O2. The summed E-state index contributed by atoms with van der Waals surface area (Å²) in [5, 5.41) is 10.5. The maximum Gasteiger partial charge on any atom is 0.113 e. The van der Waals surface area contributed by atoms with E-state index in [9.17, 15) is 5.11 Å². The molecular weight excluding hydrogens is 236 g/mol. The zero-order valence-corrected chi connectivity index (χ0v) is 10.8. The van der Waals surface area contributed by atoms with Crippen molar-refractivity contribution in [3.05, 3.63) is 84.4 Å². The van der Waals surface area contributed by atoms with Gasteiger partial charge in [-0.15, -0.1) is 6.58 Å². The third-order valence-corrected chi connectivity index (χ3v) is 2.95. The number of hydrogen-bond acceptors (Lipinski definition) is 2. The fourth-order valence-corrected chi connectivity index (χ4v) is 2.01. The fraction of sp³-hybridized carbons (Fsp3) is 0.176. The summed E-state index contributed by atoms with van der Waals surface area (Å²) in [5.74, 6) is 0. The lowest BCUT2D eigenvalue weighted by Gasteiger charge is -2.23. The lowest BCUT2D eigenvalue weighted by molar-refractivity contribution is -0.0299. The summed E-state index contributed by atoms with van der Waals surface area (Å²) in [6.07, 6.45) is 0.610. The Bertz CT molecular complexity index is 493. The van der Waals surface area contributed by atoms with E-state index in [1.807, 2.05) is 60.7 Å². The van der Waals surface area contributed by atoms with Crippen molar-refractivity contribution in [1.82, 2.24) is 0 Å². The van der Waals surface area contributed by atoms with E-state index in [-0.39, 0.29) is 6.10 Å². The first-order chi connectivity index (χ1) is 9.33. The van der Waals surface area contributed by atoms with E-state index < -0.39 is 6.10 Å². The Kier molecular flexibility index (Phi) is 4.90. The predicted molar refractivity (Wildman–Crippen MR) is 76.7 cm³/mol. The molecule has 2 aromatic carbocycles. The van der Waals surface area contributed by atoms with Crippen LogP contribution in [0.5, 0.6) is 0 Å². The number of rotatable bonds is 6. The van der Waals surface area contributed by atoms with Crippen molar-refractivity contribution in [2.75, 3.05) is 6.61 Å². The Morgan fingerprint density at radius 3 is 2.00 bits per heavy atom. The topological polar surface area (TPSA) is 29.5 Å². The molecule has 2 heteroatoms. The number of hydrogen-bond donors (Lipinski definition) is 1. The molecule has 2 nitrogen and oxygen atoms in total. The van der Waals surface area contributed by atoms with Gasteiger partial charge in [0, 0.05) is 0 Å². The van der Waals surface area contributed by atoms with Crippen LogP contribution >= 0.6 is 0 Å². The summed E-state index contributed by atoms with van der Waals surface area (Å²) in [6, 6.07) is 19.3. The van der Waals surface area contributed by atoms with Crippen LogP contribution in [0.15, 0.2) is 73.3 Å². The minimum absolute atomic E-state index is 0.387. The highest BCUT2D eigenvalue weighted by Gasteiger charge is 2.22. The van der Waals surface area contributed by atoms with Crippen LogP contribution in [0.4, 0.5) is 0 Å². The van der Waals surface area contributed by atoms with Crippen molar-refractivity contribution in [3.63, 3.8) is 0 Å². The van der Waals surface area contributed by atoms with Gasteiger partial charge in [-0.1, -0.05) is 66.7 Å². The smallest absolute Gasteiger partial charge is 0.113 e. The molecule has 0 aliphatic heterocycles. The van der Waals surface area contributed by atoms with Crippen molar-refractivity contribution in [1.29, 1.82) is 0 Å². The average molecular weight is 254 g/mol. The van der Waals surface area contributed by atoms with Crippen LogP contribution in [0.3, 0.4) is 0 Å². The highest BCUT2D eigenvalue weighted by molar-refractivity contribution is 5.25. The second-order valence-corrected chi connectivity index (χ2v) is 4.31. The summed E-state index contributed by atoms with van der Waals surface area (Å²) in [7, 11) is 0. The Morgan fingerprint density at radius 2 is 1.47 bits per heavy atom. The van der Waals surface area contributed by atoms with Gasteiger partial charge in [-0.3, -0.25) is 0 Å². The SMILES string of the molecule is C=CCOC(c1ccccc1)C(O)c1ccccc1. The maximum absolute atomic E-state index is 10.5. The number of benzene rings is 2. The van der Waals surface area contributed by atoms with Gasteiger partial charge in [0.25, 0.3) is 0 Å². The molecule has 2 unspecified atom stereocenters. The molecule has 0 aliphatic carbocycles. The number of aliphatic hydroxyl groups is 1. The van der Waals surface area contributed by atoms with Crippen molar-refractivity contribution >= 4 is 0 Å². The normalized spacial score (nSPS) is 13.7. The molecule has 0 bridgehead atoms. The molecule has 0 aliphatic rings. The second-order valence-electron chi connectivity index (χ2n) is 4.31. The van der Waals surface area contributed by atoms with Gasteiger partial charge >= 0.3 is 0 Å². The summed E-state index contributed by atoms with van der Waals surface area (Å²) in [4.78, 5) is 0. The molecule has 0 fully saturated rings. The van der Waals surface area contributed by atoms with Crippen LogP contribution in [-0.4, -0.2) is 11.7 Å². The molecule has 2 atom stereocenters. The highest BCUT2D eigenvalue weighted by Crippen LogP contribution is 2.31. The summed E-state index contributed by atoms with van der Waals surface area (Å²) >= 11 is 0. The van der Waals surface area contributed by atoms with E-state index in [2.05, 4.69) is 6.58 Å². The zero-order valence-electron chi connectivity index (χ0n) is 10.8. The maximum atomic E-state index is 10.5. The largest absolute Gasteiger partial charge is 0.385 e. The Labute approximate surface area is 114 Å². The van der Waals surface area contributed by atoms with Crippen LogP contribution in [-0.2, 0) is 4.74 Å². The quantitative estimate of drug-likeness (QED) is 0.797. The van der Waals surface area contributed by atoms with E-state index in [4.69, 9.17) is 4.74 Å². The van der Waals surface area contributed by atoms with Gasteiger partial charge in [0.15, 0.2) is 0 Å². The van der Waals surface area contributed by atoms with Crippen molar-refractivity contribution in [2.24, 2.45) is 0 Å². The van der Waals surface area contributed by atoms with Gasteiger partial charge in [0.2, 0.25) is 0 Å². The van der Waals surface area contributed by atoms with Gasteiger partial charge in [0.1, 0.15) is 12.2 Å². The van der Waals surface area contributed by atoms with E-state index in [1.165, 1.54) is 0 Å². The van der Waals surface area contributed by atoms with Gasteiger partial charge in [0.05, 0.1) is 6.61 Å². The highest BCUT2D eigenvalue weighted by atomic mass is 16.5. The molecule has 0 saturated carbocycles. The van der Waals surface area contributed by atoms with E-state index in [0.717, 1.165) is 11.1 Å². The van der Waals surface area contributed by atoms with Crippen LogP contribution in [0.2, 0.25) is 0 Å². The minimum atomic E-state index is -0.691. The van der Waals surface area contributed by atoms with Gasteiger partial charge < -0.3 is 9.84 Å². The molecule has 0 saturated heterocycles. The third-order valence-electron chi connectivity index (χ3n) is 2.95. The van der Waals surface area contributed by atoms with Crippen molar-refractivity contribution in [3.8, 4) is 0 Å². The van der Waals surface area contributed by atoms with E-state index >= 15 is 0 Å². The minimum Gasteiger partial charge on any atom is -0.385 e. The standard InChI is InChI=1S/C17H18O2/c1-2-13-19-17(15-11-7-4-8-12-15)16(18)14-9-5-3-6-10-14/h2-12,16-18H,1,13H2. The van der Waals surface area contributed by atoms with E-state index in [1.54, 1.807) is 6.08 Å². The zero-order chi connectivity index (χ0) is 13.5. The molecule has 0 spiro atoms. The van der Waals surface area contributed by atoms with Crippen molar-refractivity contribution in [2.45, 2.75) is 12.2 Å². The first-order valence-corrected chi connectivity index (χ1v) is 6.33. The molecule has 2 aromatic rings. The summed E-state index contributed by atoms with van der Waals surface area (Å²) in [6.45, 7) is 4.06. The van der Waals surface area contributed by atoms with Gasteiger partial charge in [-0.25, -0.2) is 0 Å². The second kappa shape index (κ2) is 6.88. The molecule has 0 heterocycles. The average Bonchev–Trinajstić information content (AvgIpc) is 2.49. The van der Waals surface area contributed by atoms with Crippen molar-refractivity contribution < 1.29 is 9.84 Å². The Hall–Kier alpha value is -1.90. The van der Waals surface area contributed by atoms with Gasteiger partial charge in [-0.2, -0.15) is 0 Å². The Morgan fingerprint density at radius 1 is 0.947 bits per heavy atom. The van der Waals surface area contributed by atoms with Gasteiger partial charge in [-0.05, 0) is 11.1 Å².